The van der Waals surface area contributed by atoms with Gasteiger partial charge in [0.1, 0.15) is 0 Å². The van der Waals surface area contributed by atoms with Gasteiger partial charge in [-0.1, -0.05) is 17.7 Å². The zero-order valence-electron chi connectivity index (χ0n) is 15.7. The number of hydrogen-bond acceptors (Lipinski definition) is 4. The number of carbonyl (C=O) groups is 3. The SMILES string of the molecule is COC(=O)c1cccc(NC(=O)C2CC(=O)N(CCC3=CCCCC3)C2)c1. The Morgan fingerprint density at radius 3 is 2.89 bits per heavy atom. The fraction of sp³-hybridized carbons (Fsp3) is 0.476. The molecule has 6 heteroatoms. The number of methoxy groups -OCH3 is 1. The molecule has 0 saturated carbocycles. The molecule has 0 bridgehead atoms. The molecule has 2 amide bonds. The van der Waals surface area contributed by atoms with E-state index in [4.69, 9.17) is 4.74 Å². The minimum Gasteiger partial charge on any atom is -0.465 e. The molecular formula is C21H26N2O4. The molecule has 1 aromatic rings. The molecule has 3 rings (SSSR count). The summed E-state index contributed by atoms with van der Waals surface area (Å²) in [6.45, 7) is 1.14. The summed E-state index contributed by atoms with van der Waals surface area (Å²) in [4.78, 5) is 38.2. The molecule has 144 valence electrons. The van der Waals surface area contributed by atoms with E-state index < -0.39 is 5.97 Å². The summed E-state index contributed by atoms with van der Waals surface area (Å²) in [5, 5.41) is 2.81. The van der Waals surface area contributed by atoms with E-state index in [-0.39, 0.29) is 24.2 Å². The Balaban J connectivity index is 1.54. The van der Waals surface area contributed by atoms with Gasteiger partial charge in [0.15, 0.2) is 0 Å². The number of amides is 2. The highest BCUT2D eigenvalue weighted by Crippen LogP contribution is 2.24. The quantitative estimate of drug-likeness (QED) is 0.616. The van der Waals surface area contributed by atoms with Crippen molar-refractivity contribution in [3.8, 4) is 0 Å². The Morgan fingerprint density at radius 2 is 2.15 bits per heavy atom. The Morgan fingerprint density at radius 1 is 1.30 bits per heavy atom. The minimum absolute atomic E-state index is 0.0369. The van der Waals surface area contributed by atoms with E-state index in [0.29, 0.717) is 24.3 Å². The molecule has 1 aliphatic carbocycles. The van der Waals surface area contributed by atoms with Gasteiger partial charge in [-0.2, -0.15) is 0 Å². The van der Waals surface area contributed by atoms with Gasteiger partial charge in [0, 0.05) is 25.2 Å². The van der Waals surface area contributed by atoms with Gasteiger partial charge in [0.05, 0.1) is 18.6 Å². The van der Waals surface area contributed by atoms with Crippen molar-refractivity contribution in [2.75, 3.05) is 25.5 Å². The first-order valence-corrected chi connectivity index (χ1v) is 9.51. The van der Waals surface area contributed by atoms with Crippen LogP contribution >= 0.6 is 0 Å². The van der Waals surface area contributed by atoms with Crippen molar-refractivity contribution in [2.24, 2.45) is 5.92 Å². The predicted molar refractivity (Wildman–Crippen MR) is 102 cm³/mol. The number of nitrogens with zero attached hydrogens (tertiary/aromatic N) is 1. The van der Waals surface area contributed by atoms with Gasteiger partial charge in [-0.3, -0.25) is 9.59 Å². The molecule has 0 aromatic heterocycles. The van der Waals surface area contributed by atoms with Gasteiger partial charge in [0.2, 0.25) is 11.8 Å². The van der Waals surface area contributed by atoms with Crippen molar-refractivity contribution >= 4 is 23.5 Å². The van der Waals surface area contributed by atoms with Crippen LogP contribution in [0, 0.1) is 5.92 Å². The van der Waals surface area contributed by atoms with Gasteiger partial charge < -0.3 is 15.0 Å². The van der Waals surface area contributed by atoms with Crippen molar-refractivity contribution in [2.45, 2.75) is 38.5 Å². The van der Waals surface area contributed by atoms with Crippen molar-refractivity contribution in [3.05, 3.63) is 41.5 Å². The summed E-state index contributed by atoms with van der Waals surface area (Å²) in [6, 6.07) is 6.61. The van der Waals surface area contributed by atoms with Crippen LogP contribution in [0.4, 0.5) is 5.69 Å². The summed E-state index contributed by atoms with van der Waals surface area (Å²) in [5.74, 6) is -0.968. The molecule has 2 aliphatic rings. The number of carbonyl (C=O) groups excluding carboxylic acids is 3. The summed E-state index contributed by atoms with van der Waals surface area (Å²) in [5.41, 5.74) is 2.34. The smallest absolute Gasteiger partial charge is 0.337 e. The summed E-state index contributed by atoms with van der Waals surface area (Å²) < 4.78 is 4.69. The van der Waals surface area contributed by atoms with Gasteiger partial charge >= 0.3 is 5.97 Å². The second-order valence-electron chi connectivity index (χ2n) is 7.16. The maximum absolute atomic E-state index is 12.5. The molecule has 0 radical (unpaired) electrons. The van der Waals surface area contributed by atoms with Crippen molar-refractivity contribution in [3.63, 3.8) is 0 Å². The molecule has 1 saturated heterocycles. The Bertz CT molecular complexity index is 756. The first-order chi connectivity index (χ1) is 13.1. The number of rotatable bonds is 6. The topological polar surface area (TPSA) is 75.7 Å². The molecule has 1 unspecified atom stereocenters. The lowest BCUT2D eigenvalue weighted by molar-refractivity contribution is -0.128. The van der Waals surface area contributed by atoms with E-state index in [1.165, 1.54) is 25.5 Å². The maximum Gasteiger partial charge on any atom is 0.337 e. The monoisotopic (exact) mass is 370 g/mol. The van der Waals surface area contributed by atoms with Gasteiger partial charge in [-0.25, -0.2) is 4.79 Å². The lowest BCUT2D eigenvalue weighted by atomic mass is 9.97. The highest BCUT2D eigenvalue weighted by atomic mass is 16.5. The van der Waals surface area contributed by atoms with Gasteiger partial charge in [-0.15, -0.1) is 0 Å². The van der Waals surface area contributed by atoms with Crippen molar-refractivity contribution in [1.29, 1.82) is 0 Å². The molecule has 1 N–H and O–H groups in total. The number of ether oxygens (including phenoxy) is 1. The third-order valence-corrected chi connectivity index (χ3v) is 5.22. The average molecular weight is 370 g/mol. The summed E-state index contributed by atoms with van der Waals surface area (Å²) in [7, 11) is 1.32. The van der Waals surface area contributed by atoms with Crippen molar-refractivity contribution < 1.29 is 19.1 Å². The molecule has 1 fully saturated rings. The molecule has 1 heterocycles. The molecular weight excluding hydrogens is 344 g/mol. The van der Waals surface area contributed by atoms with Gasteiger partial charge in [0.25, 0.3) is 0 Å². The van der Waals surface area contributed by atoms with E-state index in [1.54, 1.807) is 29.2 Å². The number of hydrogen-bond donors (Lipinski definition) is 1. The average Bonchev–Trinajstić information content (AvgIpc) is 3.07. The number of likely N-dealkylation sites (tertiary alicyclic amines) is 1. The number of esters is 1. The maximum atomic E-state index is 12.5. The Kier molecular flexibility index (Phi) is 6.27. The van der Waals surface area contributed by atoms with E-state index >= 15 is 0 Å². The van der Waals surface area contributed by atoms with E-state index in [1.807, 2.05) is 0 Å². The molecule has 1 aliphatic heterocycles. The Labute approximate surface area is 159 Å². The third-order valence-electron chi connectivity index (χ3n) is 5.22. The lowest BCUT2D eigenvalue weighted by Gasteiger charge is -2.19. The zero-order chi connectivity index (χ0) is 19.2. The largest absolute Gasteiger partial charge is 0.465 e. The van der Waals surface area contributed by atoms with Crippen LogP contribution in [0.1, 0.15) is 48.9 Å². The number of nitrogens with one attached hydrogen (secondary N) is 1. The first kappa shape index (κ1) is 19.1. The highest BCUT2D eigenvalue weighted by Gasteiger charge is 2.34. The second kappa shape index (κ2) is 8.84. The minimum atomic E-state index is -0.453. The van der Waals surface area contributed by atoms with Crippen LogP contribution in [0.5, 0.6) is 0 Å². The summed E-state index contributed by atoms with van der Waals surface area (Å²) >= 11 is 0. The van der Waals surface area contributed by atoms with E-state index in [9.17, 15) is 14.4 Å². The fourth-order valence-corrected chi connectivity index (χ4v) is 3.66. The fourth-order valence-electron chi connectivity index (χ4n) is 3.66. The molecule has 1 atom stereocenters. The lowest BCUT2D eigenvalue weighted by Crippen LogP contribution is -2.29. The second-order valence-corrected chi connectivity index (χ2v) is 7.16. The highest BCUT2D eigenvalue weighted by molar-refractivity contribution is 5.98. The predicted octanol–water partition coefficient (Wildman–Crippen LogP) is 3.15. The Hall–Kier alpha value is -2.63. The van der Waals surface area contributed by atoms with Crippen LogP contribution in [0.3, 0.4) is 0 Å². The zero-order valence-corrected chi connectivity index (χ0v) is 15.7. The van der Waals surface area contributed by atoms with E-state index in [2.05, 4.69) is 11.4 Å². The molecule has 1 aromatic carbocycles. The van der Waals surface area contributed by atoms with Crippen LogP contribution in [0.2, 0.25) is 0 Å². The van der Waals surface area contributed by atoms with Gasteiger partial charge in [-0.05, 0) is 50.3 Å². The third kappa shape index (κ3) is 4.96. The van der Waals surface area contributed by atoms with Crippen LogP contribution < -0.4 is 5.32 Å². The van der Waals surface area contributed by atoms with Crippen LogP contribution in [0.25, 0.3) is 0 Å². The van der Waals surface area contributed by atoms with Crippen LogP contribution in [0.15, 0.2) is 35.9 Å². The van der Waals surface area contributed by atoms with Crippen LogP contribution in [-0.4, -0.2) is 42.9 Å². The van der Waals surface area contributed by atoms with E-state index in [0.717, 1.165) is 19.3 Å². The summed E-state index contributed by atoms with van der Waals surface area (Å²) in [6.07, 6.45) is 8.19. The molecule has 6 nitrogen and oxygen atoms in total. The standard InChI is InChI=1S/C21H26N2O4/c1-27-21(26)16-8-5-9-18(12-16)22-20(25)17-13-19(24)23(14-17)11-10-15-6-3-2-4-7-15/h5-6,8-9,12,17H,2-4,7,10-11,13-14H2,1H3,(H,22,25). The molecule has 0 spiro atoms. The number of allylic oxidation sites excluding steroid dienone is 1. The normalized spacial score (nSPS) is 19.6. The first-order valence-electron chi connectivity index (χ1n) is 9.51. The number of benzene rings is 1. The number of anilines is 1. The van der Waals surface area contributed by atoms with Crippen LogP contribution in [-0.2, 0) is 14.3 Å². The van der Waals surface area contributed by atoms with Crippen molar-refractivity contribution in [1.82, 2.24) is 4.90 Å². The molecule has 27 heavy (non-hydrogen) atoms.